The Morgan fingerprint density at radius 3 is 2.86 bits per heavy atom. The molecule has 1 aliphatic rings. The van der Waals surface area contributed by atoms with E-state index < -0.39 is 0 Å². The van der Waals surface area contributed by atoms with Crippen LogP contribution in [-0.4, -0.2) is 43.6 Å². The van der Waals surface area contributed by atoms with Crippen molar-refractivity contribution in [2.24, 2.45) is 0 Å². The highest BCUT2D eigenvalue weighted by molar-refractivity contribution is 5.92. The second-order valence-electron chi connectivity index (χ2n) is 5.05. The minimum Gasteiger partial charge on any atom is -0.491 e. The third-order valence-electron chi connectivity index (χ3n) is 3.34. The van der Waals surface area contributed by atoms with Gasteiger partial charge in [-0.1, -0.05) is 13.0 Å². The zero-order valence-electron chi connectivity index (χ0n) is 12.5. The number of benzene rings is 1. The molecular weight excluding hydrogens is 266 g/mol. The molecule has 0 spiro atoms. The summed E-state index contributed by atoms with van der Waals surface area (Å²) in [6.45, 7) is 5.94. The van der Waals surface area contributed by atoms with Crippen LogP contribution in [-0.2, 0) is 4.79 Å². The third-order valence-corrected chi connectivity index (χ3v) is 3.34. The van der Waals surface area contributed by atoms with Crippen molar-refractivity contribution < 1.29 is 9.53 Å². The third kappa shape index (κ3) is 4.49. The number of hydrogen-bond donors (Lipinski definition) is 2. The molecule has 1 heterocycles. The summed E-state index contributed by atoms with van der Waals surface area (Å²) in [6, 6.07) is 5.58. The number of nitrogen functional groups attached to an aromatic ring is 1. The van der Waals surface area contributed by atoms with Crippen LogP contribution in [0.4, 0.5) is 5.69 Å². The number of carbonyl (C=O) groups is 1. The second kappa shape index (κ2) is 7.69. The van der Waals surface area contributed by atoms with Gasteiger partial charge >= 0.3 is 0 Å². The predicted molar refractivity (Wildman–Crippen MR) is 85.1 cm³/mol. The molecule has 5 heteroatoms. The van der Waals surface area contributed by atoms with Gasteiger partial charge in [0.15, 0.2) is 0 Å². The summed E-state index contributed by atoms with van der Waals surface area (Å²) in [4.78, 5) is 13.9. The van der Waals surface area contributed by atoms with E-state index in [0.717, 1.165) is 38.2 Å². The molecule has 1 aromatic rings. The number of nitrogens with two attached hydrogens (primary N) is 1. The monoisotopic (exact) mass is 289 g/mol. The maximum absolute atomic E-state index is 12.0. The highest BCUT2D eigenvalue weighted by atomic mass is 16.5. The summed E-state index contributed by atoms with van der Waals surface area (Å²) in [5.41, 5.74) is 7.45. The Labute approximate surface area is 125 Å². The van der Waals surface area contributed by atoms with Crippen LogP contribution in [0.1, 0.15) is 18.9 Å². The molecule has 0 aliphatic carbocycles. The quantitative estimate of drug-likeness (QED) is 0.637. The first-order valence-electron chi connectivity index (χ1n) is 7.40. The van der Waals surface area contributed by atoms with E-state index in [0.29, 0.717) is 18.0 Å². The smallest absolute Gasteiger partial charge is 0.246 e. The molecule has 0 atom stereocenters. The molecule has 0 radical (unpaired) electrons. The highest BCUT2D eigenvalue weighted by Crippen LogP contribution is 2.23. The van der Waals surface area contributed by atoms with Crippen molar-refractivity contribution in [2.45, 2.75) is 13.3 Å². The number of piperazine rings is 1. The fraction of sp³-hybridized carbons (Fsp3) is 0.438. The van der Waals surface area contributed by atoms with E-state index in [1.54, 1.807) is 12.2 Å². The van der Waals surface area contributed by atoms with E-state index in [4.69, 9.17) is 10.5 Å². The Kier molecular flexibility index (Phi) is 5.63. The van der Waals surface area contributed by atoms with Crippen LogP contribution in [0.15, 0.2) is 24.3 Å². The van der Waals surface area contributed by atoms with Crippen LogP contribution < -0.4 is 15.8 Å². The van der Waals surface area contributed by atoms with Gasteiger partial charge in [-0.2, -0.15) is 0 Å². The summed E-state index contributed by atoms with van der Waals surface area (Å²) < 4.78 is 5.53. The van der Waals surface area contributed by atoms with Crippen LogP contribution in [0.3, 0.4) is 0 Å². The van der Waals surface area contributed by atoms with E-state index in [9.17, 15) is 4.79 Å². The van der Waals surface area contributed by atoms with Crippen LogP contribution >= 0.6 is 0 Å². The lowest BCUT2D eigenvalue weighted by molar-refractivity contribution is -0.126. The highest BCUT2D eigenvalue weighted by Gasteiger charge is 2.13. The molecule has 2 rings (SSSR count). The van der Waals surface area contributed by atoms with Gasteiger partial charge in [0, 0.05) is 32.3 Å². The van der Waals surface area contributed by atoms with Gasteiger partial charge in [-0.05, 0) is 30.2 Å². The number of rotatable bonds is 5. The Balaban J connectivity index is 1.97. The molecule has 114 valence electrons. The molecule has 0 saturated carbocycles. The summed E-state index contributed by atoms with van der Waals surface area (Å²) in [5, 5.41) is 3.23. The zero-order valence-corrected chi connectivity index (χ0v) is 12.5. The number of hydrogen-bond acceptors (Lipinski definition) is 4. The SMILES string of the molecule is CCCOc1ccc(/C=C\C(=O)N2CCNCC2)cc1N. The van der Waals surface area contributed by atoms with E-state index in [1.165, 1.54) is 0 Å². The summed E-state index contributed by atoms with van der Waals surface area (Å²) in [7, 11) is 0. The Hall–Kier alpha value is -2.01. The molecular formula is C16H23N3O2. The molecule has 1 amide bonds. The minimum absolute atomic E-state index is 0.0429. The van der Waals surface area contributed by atoms with Crippen LogP contribution in [0.2, 0.25) is 0 Å². The number of anilines is 1. The Bertz CT molecular complexity index is 508. The maximum Gasteiger partial charge on any atom is 0.246 e. The predicted octanol–water partition coefficient (Wildman–Crippen LogP) is 1.50. The van der Waals surface area contributed by atoms with Crippen molar-refractivity contribution in [3.05, 3.63) is 29.8 Å². The molecule has 3 N–H and O–H groups in total. The Morgan fingerprint density at radius 1 is 1.43 bits per heavy atom. The van der Waals surface area contributed by atoms with E-state index in [2.05, 4.69) is 12.2 Å². The van der Waals surface area contributed by atoms with Crippen LogP contribution in [0, 0.1) is 0 Å². The van der Waals surface area contributed by atoms with Crippen LogP contribution in [0.25, 0.3) is 6.08 Å². The largest absolute Gasteiger partial charge is 0.491 e. The van der Waals surface area contributed by atoms with Crippen molar-refractivity contribution in [1.82, 2.24) is 10.2 Å². The van der Waals surface area contributed by atoms with Crippen molar-refractivity contribution in [2.75, 3.05) is 38.5 Å². The van der Waals surface area contributed by atoms with E-state index in [-0.39, 0.29) is 5.91 Å². The summed E-state index contributed by atoms with van der Waals surface area (Å²) in [6.07, 6.45) is 4.34. The zero-order chi connectivity index (χ0) is 15.1. The van der Waals surface area contributed by atoms with Gasteiger partial charge in [-0.25, -0.2) is 0 Å². The number of nitrogens with one attached hydrogen (secondary N) is 1. The minimum atomic E-state index is 0.0429. The number of nitrogens with zero attached hydrogens (tertiary/aromatic N) is 1. The number of ether oxygens (including phenoxy) is 1. The molecule has 5 nitrogen and oxygen atoms in total. The van der Waals surface area contributed by atoms with Gasteiger partial charge < -0.3 is 20.7 Å². The lowest BCUT2D eigenvalue weighted by Gasteiger charge is -2.26. The maximum atomic E-state index is 12.0. The first kappa shape index (κ1) is 15.4. The second-order valence-corrected chi connectivity index (χ2v) is 5.05. The van der Waals surface area contributed by atoms with Gasteiger partial charge in [-0.15, -0.1) is 0 Å². The topological polar surface area (TPSA) is 67.6 Å². The average molecular weight is 289 g/mol. The lowest BCUT2D eigenvalue weighted by Crippen LogP contribution is -2.45. The molecule has 21 heavy (non-hydrogen) atoms. The molecule has 0 bridgehead atoms. The molecule has 1 aromatic carbocycles. The summed E-state index contributed by atoms with van der Waals surface area (Å²) >= 11 is 0. The fourth-order valence-electron chi connectivity index (χ4n) is 2.17. The van der Waals surface area contributed by atoms with Crippen molar-refractivity contribution >= 4 is 17.7 Å². The molecule has 1 aliphatic heterocycles. The van der Waals surface area contributed by atoms with Gasteiger partial charge in [0.05, 0.1) is 12.3 Å². The van der Waals surface area contributed by atoms with Crippen molar-refractivity contribution in [1.29, 1.82) is 0 Å². The molecule has 0 unspecified atom stereocenters. The van der Waals surface area contributed by atoms with Gasteiger partial charge in [0.25, 0.3) is 0 Å². The van der Waals surface area contributed by atoms with E-state index in [1.807, 2.05) is 23.1 Å². The molecule has 1 fully saturated rings. The van der Waals surface area contributed by atoms with E-state index >= 15 is 0 Å². The molecule has 1 saturated heterocycles. The normalized spacial score (nSPS) is 15.4. The Morgan fingerprint density at radius 2 is 2.19 bits per heavy atom. The van der Waals surface area contributed by atoms with Gasteiger partial charge in [0.1, 0.15) is 5.75 Å². The van der Waals surface area contributed by atoms with Gasteiger partial charge in [-0.3, -0.25) is 4.79 Å². The average Bonchev–Trinajstić information content (AvgIpc) is 2.52. The summed E-state index contributed by atoms with van der Waals surface area (Å²) in [5.74, 6) is 0.740. The fourth-order valence-corrected chi connectivity index (χ4v) is 2.17. The first-order chi connectivity index (χ1) is 10.2. The standard InChI is InChI=1S/C16H23N3O2/c1-2-11-21-15-5-3-13(12-14(15)17)4-6-16(20)19-9-7-18-8-10-19/h3-6,12,18H,2,7-11,17H2,1H3/b6-4-. The number of carbonyl (C=O) groups excluding carboxylic acids is 1. The lowest BCUT2D eigenvalue weighted by atomic mass is 10.1. The first-order valence-corrected chi connectivity index (χ1v) is 7.40. The molecule has 0 aromatic heterocycles. The van der Waals surface area contributed by atoms with Crippen LogP contribution in [0.5, 0.6) is 5.75 Å². The van der Waals surface area contributed by atoms with Crippen molar-refractivity contribution in [3.63, 3.8) is 0 Å². The van der Waals surface area contributed by atoms with Gasteiger partial charge in [0.2, 0.25) is 5.91 Å². The van der Waals surface area contributed by atoms with Crippen molar-refractivity contribution in [3.8, 4) is 5.75 Å². The number of amides is 1.